The zero-order valence-electron chi connectivity index (χ0n) is 16.2. The van der Waals surface area contributed by atoms with E-state index in [0.29, 0.717) is 25.1 Å². The van der Waals surface area contributed by atoms with E-state index in [2.05, 4.69) is 15.5 Å². The molecule has 1 aromatic rings. The van der Waals surface area contributed by atoms with Crippen molar-refractivity contribution >= 4 is 17.5 Å². The molecule has 2 aliphatic heterocycles. The first-order chi connectivity index (χ1) is 13.6. The summed E-state index contributed by atoms with van der Waals surface area (Å²) in [6.07, 6.45) is 6.52. The number of nitrogens with one attached hydrogen (secondary N) is 2. The molecule has 0 unspecified atom stereocenters. The number of carbonyl (C=O) groups is 2. The average Bonchev–Trinajstić information content (AvgIpc) is 2.73. The molecule has 28 heavy (non-hydrogen) atoms. The summed E-state index contributed by atoms with van der Waals surface area (Å²) in [4.78, 5) is 26.7. The summed E-state index contributed by atoms with van der Waals surface area (Å²) in [5.41, 5.74) is 1.29. The number of hydrogen-bond donors (Lipinski definition) is 2. The molecule has 0 atom stereocenters. The third-order valence-electron chi connectivity index (χ3n) is 6.38. The van der Waals surface area contributed by atoms with Gasteiger partial charge < -0.3 is 15.4 Å². The first-order valence-electron chi connectivity index (χ1n) is 10.3. The largest absolute Gasteiger partial charge is 0.379 e. The number of morpholine rings is 1. The number of rotatable bonds is 4. The lowest BCUT2D eigenvalue weighted by Crippen LogP contribution is -2.59. The lowest BCUT2D eigenvalue weighted by Gasteiger charge is -2.48. The fourth-order valence-corrected chi connectivity index (χ4v) is 4.77. The maximum absolute atomic E-state index is 14.5. The van der Waals surface area contributed by atoms with Crippen LogP contribution in [0.4, 0.5) is 10.1 Å². The monoisotopic (exact) mass is 389 g/mol. The number of anilines is 1. The van der Waals surface area contributed by atoms with Crippen molar-refractivity contribution in [1.82, 2.24) is 10.2 Å². The summed E-state index contributed by atoms with van der Waals surface area (Å²) in [5, 5.41) is 5.68. The summed E-state index contributed by atoms with van der Waals surface area (Å²) in [7, 11) is 0. The first-order valence-corrected chi connectivity index (χ1v) is 10.3. The van der Waals surface area contributed by atoms with Gasteiger partial charge in [0.15, 0.2) is 0 Å². The van der Waals surface area contributed by atoms with Gasteiger partial charge in [0.05, 0.1) is 18.8 Å². The third-order valence-corrected chi connectivity index (χ3v) is 6.38. The maximum Gasteiger partial charge on any atom is 0.254 e. The van der Waals surface area contributed by atoms with Crippen LogP contribution in [-0.4, -0.2) is 55.1 Å². The van der Waals surface area contributed by atoms with Gasteiger partial charge in [-0.2, -0.15) is 0 Å². The SMILES string of the molecule is O=C1CCc2cc(C(=O)NCC3(N4CCOCC4)CCCCC3)c(F)cc2N1. The molecular weight excluding hydrogens is 361 g/mol. The van der Waals surface area contributed by atoms with E-state index in [9.17, 15) is 14.0 Å². The van der Waals surface area contributed by atoms with E-state index in [1.165, 1.54) is 12.5 Å². The Labute approximate surface area is 164 Å². The first kappa shape index (κ1) is 19.3. The van der Waals surface area contributed by atoms with Crippen LogP contribution in [0, 0.1) is 5.82 Å². The van der Waals surface area contributed by atoms with Crippen molar-refractivity contribution in [2.75, 3.05) is 38.2 Å². The highest BCUT2D eigenvalue weighted by molar-refractivity contribution is 5.98. The molecule has 2 heterocycles. The smallest absolute Gasteiger partial charge is 0.254 e. The predicted molar refractivity (Wildman–Crippen MR) is 104 cm³/mol. The average molecular weight is 389 g/mol. The topological polar surface area (TPSA) is 70.7 Å². The van der Waals surface area contributed by atoms with E-state index < -0.39 is 5.82 Å². The van der Waals surface area contributed by atoms with Gasteiger partial charge in [-0.1, -0.05) is 19.3 Å². The second kappa shape index (κ2) is 8.17. The molecule has 0 aromatic heterocycles. The number of hydrogen-bond acceptors (Lipinski definition) is 4. The van der Waals surface area contributed by atoms with Crippen LogP contribution in [0.5, 0.6) is 0 Å². The highest BCUT2D eigenvalue weighted by Gasteiger charge is 2.39. The zero-order valence-corrected chi connectivity index (χ0v) is 16.2. The van der Waals surface area contributed by atoms with Crippen molar-refractivity contribution in [2.24, 2.45) is 0 Å². The standard InChI is InChI=1S/C21H28FN3O3/c22-17-13-18-15(4-5-19(26)24-18)12-16(17)20(27)23-14-21(6-2-1-3-7-21)25-8-10-28-11-9-25/h12-13H,1-11,14H2,(H,23,27)(H,24,26). The van der Waals surface area contributed by atoms with Crippen molar-refractivity contribution in [2.45, 2.75) is 50.5 Å². The number of halogens is 1. The molecule has 6 nitrogen and oxygen atoms in total. The molecule has 1 saturated carbocycles. The molecule has 0 radical (unpaired) electrons. The van der Waals surface area contributed by atoms with Crippen LogP contribution in [0.15, 0.2) is 12.1 Å². The van der Waals surface area contributed by atoms with E-state index in [1.807, 2.05) is 0 Å². The molecule has 3 aliphatic rings. The number of benzene rings is 1. The van der Waals surface area contributed by atoms with Gasteiger partial charge in [0, 0.05) is 37.3 Å². The summed E-state index contributed by atoms with van der Waals surface area (Å²) in [6, 6.07) is 2.85. The van der Waals surface area contributed by atoms with Gasteiger partial charge in [0.25, 0.3) is 5.91 Å². The molecule has 1 saturated heterocycles. The van der Waals surface area contributed by atoms with Crippen LogP contribution in [0.2, 0.25) is 0 Å². The molecule has 2 N–H and O–H groups in total. The van der Waals surface area contributed by atoms with Gasteiger partial charge in [-0.25, -0.2) is 4.39 Å². The lowest BCUT2D eigenvalue weighted by molar-refractivity contribution is -0.116. The minimum Gasteiger partial charge on any atom is -0.379 e. The lowest BCUT2D eigenvalue weighted by atomic mass is 9.79. The van der Waals surface area contributed by atoms with Crippen molar-refractivity contribution in [3.05, 3.63) is 29.1 Å². The Hall–Kier alpha value is -1.99. The van der Waals surface area contributed by atoms with E-state index in [4.69, 9.17) is 4.74 Å². The second-order valence-electron chi connectivity index (χ2n) is 8.10. The fourth-order valence-electron chi connectivity index (χ4n) is 4.77. The molecule has 0 bridgehead atoms. The minimum atomic E-state index is -0.595. The minimum absolute atomic E-state index is 0.0582. The number of carbonyl (C=O) groups excluding carboxylic acids is 2. The molecule has 1 aliphatic carbocycles. The number of aryl methyl sites for hydroxylation is 1. The summed E-state index contributed by atoms with van der Waals surface area (Å²) in [5.74, 6) is -1.09. The Balaban J connectivity index is 1.48. The maximum atomic E-state index is 14.5. The Bertz CT molecular complexity index is 756. The molecule has 0 spiro atoms. The normalized spacial score (nSPS) is 22.2. The van der Waals surface area contributed by atoms with E-state index >= 15 is 0 Å². The summed E-state index contributed by atoms with van der Waals surface area (Å²) >= 11 is 0. The van der Waals surface area contributed by atoms with Crippen LogP contribution in [-0.2, 0) is 16.0 Å². The third kappa shape index (κ3) is 3.91. The number of ether oxygens (including phenoxy) is 1. The van der Waals surface area contributed by atoms with Crippen molar-refractivity contribution in [1.29, 1.82) is 0 Å². The number of fused-ring (bicyclic) bond motifs is 1. The fraction of sp³-hybridized carbons (Fsp3) is 0.619. The molecule has 7 heteroatoms. The molecule has 2 fully saturated rings. The van der Waals surface area contributed by atoms with Gasteiger partial charge in [-0.3, -0.25) is 14.5 Å². The summed E-state index contributed by atoms with van der Waals surface area (Å²) < 4.78 is 20.0. The number of nitrogens with zero attached hydrogens (tertiary/aromatic N) is 1. The van der Waals surface area contributed by atoms with E-state index in [1.54, 1.807) is 6.07 Å². The van der Waals surface area contributed by atoms with Crippen LogP contribution < -0.4 is 10.6 Å². The molecular formula is C21H28FN3O3. The summed E-state index contributed by atoms with van der Waals surface area (Å²) in [6.45, 7) is 3.73. The Morgan fingerprint density at radius 3 is 2.68 bits per heavy atom. The Morgan fingerprint density at radius 1 is 1.18 bits per heavy atom. The Morgan fingerprint density at radius 2 is 1.93 bits per heavy atom. The highest BCUT2D eigenvalue weighted by Crippen LogP contribution is 2.34. The molecule has 152 valence electrons. The molecule has 1 aromatic carbocycles. The van der Waals surface area contributed by atoms with Crippen LogP contribution in [0.3, 0.4) is 0 Å². The quantitative estimate of drug-likeness (QED) is 0.830. The van der Waals surface area contributed by atoms with Gasteiger partial charge in [-0.15, -0.1) is 0 Å². The van der Waals surface area contributed by atoms with Gasteiger partial charge in [-0.05, 0) is 37.0 Å². The van der Waals surface area contributed by atoms with Crippen LogP contribution in [0.25, 0.3) is 0 Å². The van der Waals surface area contributed by atoms with Crippen molar-refractivity contribution in [3.8, 4) is 0 Å². The van der Waals surface area contributed by atoms with Gasteiger partial charge >= 0.3 is 0 Å². The van der Waals surface area contributed by atoms with E-state index in [0.717, 1.165) is 57.6 Å². The second-order valence-corrected chi connectivity index (χ2v) is 8.10. The number of amides is 2. The predicted octanol–water partition coefficient (Wildman–Crippen LogP) is 2.48. The van der Waals surface area contributed by atoms with Gasteiger partial charge in [0.1, 0.15) is 5.82 Å². The van der Waals surface area contributed by atoms with Crippen LogP contribution >= 0.6 is 0 Å². The zero-order chi connectivity index (χ0) is 19.6. The van der Waals surface area contributed by atoms with Crippen molar-refractivity contribution < 1.29 is 18.7 Å². The molecule has 2 amide bonds. The highest BCUT2D eigenvalue weighted by atomic mass is 19.1. The van der Waals surface area contributed by atoms with Crippen molar-refractivity contribution in [3.63, 3.8) is 0 Å². The van der Waals surface area contributed by atoms with Gasteiger partial charge in [0.2, 0.25) is 5.91 Å². The Kier molecular flexibility index (Phi) is 5.64. The van der Waals surface area contributed by atoms with E-state index in [-0.39, 0.29) is 22.9 Å². The van der Waals surface area contributed by atoms with Crippen LogP contribution in [0.1, 0.15) is 54.4 Å². The molecule has 4 rings (SSSR count).